The van der Waals surface area contributed by atoms with Crippen molar-refractivity contribution >= 4 is 11.8 Å². The molecule has 0 bridgehead atoms. The lowest BCUT2D eigenvalue weighted by molar-refractivity contribution is -0.0191. The number of rotatable bonds is 0. The molecular weight excluding hydrogens is 156 g/mol. The Labute approximate surface area is 72.9 Å². The molecule has 0 radical (unpaired) electrons. The van der Waals surface area contributed by atoms with E-state index in [0.29, 0.717) is 0 Å². The third-order valence-electron chi connectivity index (χ3n) is 2.63. The molecule has 11 heavy (non-hydrogen) atoms. The quantitative estimate of drug-likeness (QED) is 0.555. The molecule has 2 saturated heterocycles. The summed E-state index contributed by atoms with van der Waals surface area (Å²) < 4.78 is 5.87. The van der Waals surface area contributed by atoms with Crippen LogP contribution in [-0.4, -0.2) is 17.3 Å². The predicted molar refractivity (Wildman–Crippen MR) is 48.8 cm³/mol. The second-order valence-corrected chi connectivity index (χ2v) is 4.96. The lowest BCUT2D eigenvalue weighted by Gasteiger charge is -2.39. The average Bonchev–Trinajstić information content (AvgIpc) is 2.07. The van der Waals surface area contributed by atoms with Crippen molar-refractivity contribution in [1.82, 2.24) is 0 Å². The number of ether oxygens (including phenoxy) is 1. The van der Waals surface area contributed by atoms with Crippen molar-refractivity contribution in [2.24, 2.45) is 0 Å². The molecule has 1 nitrogen and oxygen atoms in total. The van der Waals surface area contributed by atoms with Crippen molar-refractivity contribution in [3.05, 3.63) is 0 Å². The predicted octanol–water partition coefficient (Wildman–Crippen LogP) is 2.80. The number of thioether (sulfide) groups is 1. The van der Waals surface area contributed by atoms with Crippen LogP contribution >= 0.6 is 11.8 Å². The van der Waals surface area contributed by atoms with E-state index in [1.165, 1.54) is 44.3 Å². The third kappa shape index (κ3) is 1.73. The van der Waals surface area contributed by atoms with Gasteiger partial charge in [-0.05, 0) is 44.3 Å². The standard InChI is InChI=1S/C9H16OS/c1-3-7-10-9(5-1)6-2-4-8-11-9/h1-8H2/t9-/m0/s1. The van der Waals surface area contributed by atoms with Gasteiger partial charge in [0.25, 0.3) is 0 Å². The van der Waals surface area contributed by atoms with Crippen LogP contribution in [0.25, 0.3) is 0 Å². The van der Waals surface area contributed by atoms with E-state index in [2.05, 4.69) is 11.8 Å². The second kappa shape index (κ2) is 3.36. The largest absolute Gasteiger partial charge is 0.364 e. The average molecular weight is 172 g/mol. The Morgan fingerprint density at radius 1 is 1.00 bits per heavy atom. The molecule has 2 aliphatic heterocycles. The summed E-state index contributed by atoms with van der Waals surface area (Å²) in [6, 6.07) is 0. The van der Waals surface area contributed by atoms with Crippen LogP contribution in [0.1, 0.15) is 38.5 Å². The van der Waals surface area contributed by atoms with Gasteiger partial charge in [0.1, 0.15) is 4.93 Å². The maximum Gasteiger partial charge on any atom is 0.113 e. The van der Waals surface area contributed by atoms with Crippen LogP contribution < -0.4 is 0 Å². The maximum atomic E-state index is 5.87. The number of hydrogen-bond donors (Lipinski definition) is 0. The van der Waals surface area contributed by atoms with Gasteiger partial charge in [0.15, 0.2) is 0 Å². The first-order chi connectivity index (χ1) is 5.41. The first-order valence-corrected chi connectivity index (χ1v) is 5.68. The van der Waals surface area contributed by atoms with E-state index in [1.807, 2.05) is 0 Å². The fourth-order valence-corrected chi connectivity index (χ4v) is 3.43. The van der Waals surface area contributed by atoms with E-state index in [-0.39, 0.29) is 4.93 Å². The van der Waals surface area contributed by atoms with Crippen molar-refractivity contribution in [2.45, 2.75) is 43.5 Å². The summed E-state index contributed by atoms with van der Waals surface area (Å²) in [5, 5.41) is 0. The van der Waals surface area contributed by atoms with E-state index >= 15 is 0 Å². The summed E-state index contributed by atoms with van der Waals surface area (Å²) in [5.41, 5.74) is 0. The molecule has 64 valence electrons. The van der Waals surface area contributed by atoms with Gasteiger partial charge in [0.05, 0.1) is 0 Å². The van der Waals surface area contributed by atoms with Crippen LogP contribution in [0.5, 0.6) is 0 Å². The molecule has 1 atom stereocenters. The van der Waals surface area contributed by atoms with Crippen molar-refractivity contribution in [1.29, 1.82) is 0 Å². The minimum atomic E-state index is 0.274. The molecule has 2 heterocycles. The SMILES string of the molecule is C1CC[C@]2(CCCCS2)OC1. The Morgan fingerprint density at radius 2 is 1.82 bits per heavy atom. The summed E-state index contributed by atoms with van der Waals surface area (Å²) in [6.45, 7) is 1.01. The highest BCUT2D eigenvalue weighted by molar-refractivity contribution is 8.00. The molecule has 0 aliphatic carbocycles. The third-order valence-corrected chi connectivity index (χ3v) is 4.18. The molecule has 2 rings (SSSR count). The van der Waals surface area contributed by atoms with E-state index in [4.69, 9.17) is 4.74 Å². The molecule has 1 spiro atoms. The van der Waals surface area contributed by atoms with Gasteiger partial charge in [-0.15, -0.1) is 11.8 Å². The van der Waals surface area contributed by atoms with Crippen LogP contribution in [0.15, 0.2) is 0 Å². The van der Waals surface area contributed by atoms with E-state index in [1.54, 1.807) is 0 Å². The molecule has 0 aromatic rings. The maximum absolute atomic E-state index is 5.87. The Bertz CT molecular complexity index is 104. The van der Waals surface area contributed by atoms with Crippen LogP contribution in [0.4, 0.5) is 0 Å². The first kappa shape index (κ1) is 7.93. The van der Waals surface area contributed by atoms with Gasteiger partial charge in [-0.3, -0.25) is 0 Å². The van der Waals surface area contributed by atoms with Gasteiger partial charge in [0.2, 0.25) is 0 Å². The van der Waals surface area contributed by atoms with Crippen LogP contribution in [0, 0.1) is 0 Å². The summed E-state index contributed by atoms with van der Waals surface area (Å²) in [5.74, 6) is 1.32. The van der Waals surface area contributed by atoms with Crippen molar-refractivity contribution in [3.63, 3.8) is 0 Å². The molecule has 0 unspecified atom stereocenters. The summed E-state index contributed by atoms with van der Waals surface area (Å²) in [7, 11) is 0. The van der Waals surface area contributed by atoms with Gasteiger partial charge >= 0.3 is 0 Å². The lowest BCUT2D eigenvalue weighted by Crippen LogP contribution is -2.35. The van der Waals surface area contributed by atoms with Gasteiger partial charge in [-0.25, -0.2) is 0 Å². The zero-order valence-electron chi connectivity index (χ0n) is 6.97. The fraction of sp³-hybridized carbons (Fsp3) is 1.00. The van der Waals surface area contributed by atoms with E-state index in [0.717, 1.165) is 6.61 Å². The van der Waals surface area contributed by atoms with Crippen molar-refractivity contribution < 1.29 is 4.74 Å². The second-order valence-electron chi connectivity index (χ2n) is 3.52. The molecule has 0 amide bonds. The molecular formula is C9H16OS. The van der Waals surface area contributed by atoms with Crippen molar-refractivity contribution in [2.75, 3.05) is 12.4 Å². The van der Waals surface area contributed by atoms with Crippen molar-refractivity contribution in [3.8, 4) is 0 Å². The molecule has 0 N–H and O–H groups in total. The molecule has 2 heteroatoms. The zero-order chi connectivity index (χ0) is 7.57. The Hall–Kier alpha value is 0.310. The topological polar surface area (TPSA) is 9.23 Å². The Kier molecular flexibility index (Phi) is 2.42. The highest BCUT2D eigenvalue weighted by atomic mass is 32.2. The highest BCUT2D eigenvalue weighted by Crippen LogP contribution is 2.43. The van der Waals surface area contributed by atoms with Gasteiger partial charge < -0.3 is 4.74 Å². The zero-order valence-corrected chi connectivity index (χ0v) is 7.79. The van der Waals surface area contributed by atoms with Gasteiger partial charge in [0, 0.05) is 6.61 Å². The molecule has 2 aliphatic rings. The first-order valence-electron chi connectivity index (χ1n) is 4.69. The summed E-state index contributed by atoms with van der Waals surface area (Å²) >= 11 is 2.06. The van der Waals surface area contributed by atoms with Gasteiger partial charge in [-0.2, -0.15) is 0 Å². The lowest BCUT2D eigenvalue weighted by atomic mass is 10.0. The monoisotopic (exact) mass is 172 g/mol. The Balaban J connectivity index is 1.94. The van der Waals surface area contributed by atoms with Gasteiger partial charge in [-0.1, -0.05) is 0 Å². The fourth-order valence-electron chi connectivity index (χ4n) is 1.96. The van der Waals surface area contributed by atoms with Crippen LogP contribution in [0.2, 0.25) is 0 Å². The summed E-state index contributed by atoms with van der Waals surface area (Å²) in [6.07, 6.45) is 8.05. The Morgan fingerprint density at radius 3 is 2.45 bits per heavy atom. The minimum Gasteiger partial charge on any atom is -0.364 e. The highest BCUT2D eigenvalue weighted by Gasteiger charge is 2.34. The molecule has 2 fully saturated rings. The minimum absolute atomic E-state index is 0.274. The van der Waals surface area contributed by atoms with E-state index < -0.39 is 0 Å². The smallest absolute Gasteiger partial charge is 0.113 e. The summed E-state index contributed by atoms with van der Waals surface area (Å²) in [4.78, 5) is 0.274. The molecule has 0 saturated carbocycles. The van der Waals surface area contributed by atoms with E-state index in [9.17, 15) is 0 Å². The van der Waals surface area contributed by atoms with Crippen LogP contribution in [-0.2, 0) is 4.74 Å². The normalized spacial score (nSPS) is 39.3. The molecule has 0 aromatic carbocycles. The number of hydrogen-bond acceptors (Lipinski definition) is 2. The molecule has 0 aromatic heterocycles. The van der Waals surface area contributed by atoms with Crippen LogP contribution in [0.3, 0.4) is 0 Å².